The third kappa shape index (κ3) is 5.06. The first-order valence-electron chi connectivity index (χ1n) is 4.24. The third-order valence-corrected chi connectivity index (χ3v) is 1.51. The fraction of sp³-hybridized carbons (Fsp3) is 0.500. The second-order valence-electron chi connectivity index (χ2n) is 2.84. The summed E-state index contributed by atoms with van der Waals surface area (Å²) in [7, 11) is 5.24. The van der Waals surface area contributed by atoms with Gasteiger partial charge in [0.25, 0.3) is 0 Å². The van der Waals surface area contributed by atoms with Gasteiger partial charge in [0.05, 0.1) is 7.11 Å². The van der Waals surface area contributed by atoms with Crippen molar-refractivity contribution in [3.8, 4) is 0 Å². The summed E-state index contributed by atoms with van der Waals surface area (Å²) in [5, 5.41) is 0. The van der Waals surface area contributed by atoms with Crippen molar-refractivity contribution in [3.63, 3.8) is 0 Å². The summed E-state index contributed by atoms with van der Waals surface area (Å²) >= 11 is 0. The van der Waals surface area contributed by atoms with Crippen molar-refractivity contribution < 1.29 is 9.53 Å². The molecule has 0 N–H and O–H groups in total. The van der Waals surface area contributed by atoms with Gasteiger partial charge in [-0.2, -0.15) is 0 Å². The van der Waals surface area contributed by atoms with Gasteiger partial charge in [-0.15, -0.1) is 0 Å². The normalized spacial score (nSPS) is 11.8. The number of esters is 1. The minimum Gasteiger partial charge on any atom is -0.466 e. The summed E-state index contributed by atoms with van der Waals surface area (Å²) in [6, 6.07) is 0. The number of carbonyl (C=O) groups excluding carboxylic acids is 1. The van der Waals surface area contributed by atoms with E-state index in [1.165, 1.54) is 7.11 Å². The Morgan fingerprint density at radius 3 is 2.46 bits per heavy atom. The van der Waals surface area contributed by atoms with Crippen molar-refractivity contribution >= 4 is 5.97 Å². The zero-order chi connectivity index (χ0) is 10.3. The first-order valence-corrected chi connectivity index (χ1v) is 4.24. The molecule has 0 aliphatic rings. The second kappa shape index (κ2) is 6.29. The van der Waals surface area contributed by atoms with Crippen LogP contribution in [0, 0.1) is 0 Å². The Morgan fingerprint density at radius 2 is 2.08 bits per heavy atom. The Labute approximate surface area is 79.7 Å². The van der Waals surface area contributed by atoms with Gasteiger partial charge >= 0.3 is 5.97 Å². The Kier molecular flexibility index (Phi) is 5.68. The van der Waals surface area contributed by atoms with Crippen LogP contribution >= 0.6 is 0 Å². The molecule has 0 unspecified atom stereocenters. The molecule has 0 aliphatic carbocycles. The fourth-order valence-electron chi connectivity index (χ4n) is 0.793. The summed E-state index contributed by atoms with van der Waals surface area (Å²) in [5.74, 6) is -0.258. The lowest BCUT2D eigenvalue weighted by Gasteiger charge is -2.02. The molecule has 0 atom stereocenters. The predicted molar refractivity (Wildman–Crippen MR) is 53.2 cm³/mol. The Bertz CT molecular complexity index is 217. The molecule has 0 heterocycles. The van der Waals surface area contributed by atoms with Crippen molar-refractivity contribution in [2.24, 2.45) is 0 Å². The second-order valence-corrected chi connectivity index (χ2v) is 2.84. The number of hydrogen-bond donors (Lipinski definition) is 0. The summed E-state index contributed by atoms with van der Waals surface area (Å²) in [4.78, 5) is 13.0. The smallest absolute Gasteiger partial charge is 0.333 e. The van der Waals surface area contributed by atoms with E-state index in [1.807, 2.05) is 38.2 Å². The van der Waals surface area contributed by atoms with Crippen molar-refractivity contribution in [2.75, 3.05) is 21.2 Å². The van der Waals surface area contributed by atoms with Gasteiger partial charge in [0.2, 0.25) is 0 Å². The summed E-state index contributed by atoms with van der Waals surface area (Å²) in [6.45, 7) is 1.92. The van der Waals surface area contributed by atoms with Gasteiger partial charge in [-0.1, -0.05) is 13.0 Å². The molecule has 0 amide bonds. The highest BCUT2D eigenvalue weighted by atomic mass is 16.5. The van der Waals surface area contributed by atoms with Gasteiger partial charge in [0.15, 0.2) is 0 Å². The molecular weight excluding hydrogens is 166 g/mol. The molecule has 0 fully saturated rings. The maximum atomic E-state index is 11.1. The highest BCUT2D eigenvalue weighted by molar-refractivity contribution is 5.88. The molecule has 0 saturated carbocycles. The van der Waals surface area contributed by atoms with Gasteiger partial charge in [0.1, 0.15) is 0 Å². The predicted octanol–water partition coefficient (Wildman–Crippen LogP) is 1.57. The minimum absolute atomic E-state index is 0.258. The lowest BCUT2D eigenvalue weighted by atomic mass is 10.2. The molecule has 0 aliphatic heterocycles. The molecule has 0 rings (SSSR count). The van der Waals surface area contributed by atoms with Crippen molar-refractivity contribution in [1.29, 1.82) is 0 Å². The van der Waals surface area contributed by atoms with Gasteiger partial charge in [0, 0.05) is 19.7 Å². The van der Waals surface area contributed by atoms with E-state index < -0.39 is 0 Å². The SMILES string of the molecule is CCC(=CC=CN(C)C)C(=O)OC. The number of ether oxygens (including phenoxy) is 1. The molecule has 0 bridgehead atoms. The molecule has 3 nitrogen and oxygen atoms in total. The maximum absolute atomic E-state index is 11.1. The molecule has 74 valence electrons. The average Bonchev–Trinajstić information content (AvgIpc) is 2.11. The van der Waals surface area contributed by atoms with Gasteiger partial charge < -0.3 is 9.64 Å². The van der Waals surface area contributed by atoms with Crippen LogP contribution in [0.3, 0.4) is 0 Å². The molecule has 0 saturated heterocycles. The van der Waals surface area contributed by atoms with E-state index >= 15 is 0 Å². The monoisotopic (exact) mass is 183 g/mol. The van der Waals surface area contributed by atoms with Crippen LogP contribution in [0.15, 0.2) is 23.9 Å². The number of rotatable bonds is 4. The van der Waals surface area contributed by atoms with Crippen LogP contribution in [0.25, 0.3) is 0 Å². The Balaban J connectivity index is 4.31. The molecule has 0 aromatic heterocycles. The average molecular weight is 183 g/mol. The van der Waals surface area contributed by atoms with Crippen LogP contribution in [-0.2, 0) is 9.53 Å². The topological polar surface area (TPSA) is 29.5 Å². The molecule has 0 radical (unpaired) electrons. The first kappa shape index (κ1) is 11.8. The number of allylic oxidation sites excluding steroid dienone is 2. The van der Waals surface area contributed by atoms with Crippen LogP contribution in [0.4, 0.5) is 0 Å². The van der Waals surface area contributed by atoms with Crippen LogP contribution in [0.1, 0.15) is 13.3 Å². The van der Waals surface area contributed by atoms with Crippen molar-refractivity contribution in [2.45, 2.75) is 13.3 Å². The lowest BCUT2D eigenvalue weighted by Crippen LogP contribution is -2.04. The molecule has 13 heavy (non-hydrogen) atoms. The van der Waals surface area contributed by atoms with E-state index in [9.17, 15) is 4.79 Å². The third-order valence-electron chi connectivity index (χ3n) is 1.51. The van der Waals surface area contributed by atoms with E-state index in [0.29, 0.717) is 12.0 Å². The quantitative estimate of drug-likeness (QED) is 0.376. The molecule has 0 aromatic rings. The van der Waals surface area contributed by atoms with Gasteiger partial charge in [-0.05, 0) is 18.7 Å². The standard InChI is InChI=1S/C10H17NO2/c1-5-9(10(12)13-4)7-6-8-11(2)3/h6-8H,5H2,1-4H3. The fourth-order valence-corrected chi connectivity index (χ4v) is 0.793. The lowest BCUT2D eigenvalue weighted by molar-refractivity contribution is -0.136. The van der Waals surface area contributed by atoms with Gasteiger partial charge in [-0.3, -0.25) is 0 Å². The zero-order valence-corrected chi connectivity index (χ0v) is 8.70. The van der Waals surface area contributed by atoms with E-state index in [-0.39, 0.29) is 5.97 Å². The Hall–Kier alpha value is -1.25. The van der Waals surface area contributed by atoms with E-state index in [0.717, 1.165) is 0 Å². The van der Waals surface area contributed by atoms with Crippen molar-refractivity contribution in [1.82, 2.24) is 4.90 Å². The highest BCUT2D eigenvalue weighted by Gasteiger charge is 2.04. The minimum atomic E-state index is -0.258. The van der Waals surface area contributed by atoms with E-state index in [1.54, 1.807) is 6.08 Å². The largest absolute Gasteiger partial charge is 0.466 e. The van der Waals surface area contributed by atoms with E-state index in [4.69, 9.17) is 0 Å². The van der Waals surface area contributed by atoms with Crippen LogP contribution in [0.5, 0.6) is 0 Å². The van der Waals surface area contributed by atoms with E-state index in [2.05, 4.69) is 4.74 Å². The number of hydrogen-bond acceptors (Lipinski definition) is 3. The zero-order valence-electron chi connectivity index (χ0n) is 8.70. The first-order chi connectivity index (χ1) is 6.11. The number of carbonyl (C=O) groups is 1. The Morgan fingerprint density at radius 1 is 1.46 bits per heavy atom. The molecule has 0 aromatic carbocycles. The number of nitrogens with zero attached hydrogens (tertiary/aromatic N) is 1. The van der Waals surface area contributed by atoms with Crippen molar-refractivity contribution in [3.05, 3.63) is 23.9 Å². The molecular formula is C10H17NO2. The van der Waals surface area contributed by atoms with Gasteiger partial charge in [-0.25, -0.2) is 4.79 Å². The summed E-state index contributed by atoms with van der Waals surface area (Å²) in [6.07, 6.45) is 6.16. The molecule has 0 spiro atoms. The summed E-state index contributed by atoms with van der Waals surface area (Å²) in [5.41, 5.74) is 0.681. The van der Waals surface area contributed by atoms with Crippen LogP contribution in [0.2, 0.25) is 0 Å². The van der Waals surface area contributed by atoms with Crippen LogP contribution < -0.4 is 0 Å². The number of methoxy groups -OCH3 is 1. The summed E-state index contributed by atoms with van der Waals surface area (Å²) < 4.78 is 4.61. The maximum Gasteiger partial charge on any atom is 0.333 e. The highest BCUT2D eigenvalue weighted by Crippen LogP contribution is 2.02. The van der Waals surface area contributed by atoms with Crippen LogP contribution in [-0.4, -0.2) is 32.1 Å². The molecule has 3 heteroatoms.